The third kappa shape index (κ3) is 6.69. The number of piperidine rings is 1. The van der Waals surface area contributed by atoms with Gasteiger partial charge in [0, 0.05) is 36.8 Å². The van der Waals surface area contributed by atoms with Gasteiger partial charge in [-0.05, 0) is 70.5 Å². The van der Waals surface area contributed by atoms with Crippen LogP contribution < -0.4 is 0 Å². The number of halogens is 2. The van der Waals surface area contributed by atoms with E-state index in [0.29, 0.717) is 30.2 Å². The Bertz CT molecular complexity index is 907. The van der Waals surface area contributed by atoms with Gasteiger partial charge in [-0.15, -0.1) is 11.3 Å². The highest BCUT2D eigenvalue weighted by molar-refractivity contribution is 7.11. The molecule has 0 spiro atoms. The molecule has 0 atom stereocenters. The van der Waals surface area contributed by atoms with E-state index < -0.39 is 5.92 Å². The first-order chi connectivity index (χ1) is 15.8. The molecule has 0 unspecified atom stereocenters. The van der Waals surface area contributed by atoms with Crippen molar-refractivity contribution in [3.8, 4) is 0 Å². The van der Waals surface area contributed by atoms with E-state index in [2.05, 4.69) is 15.0 Å². The second-order valence-electron chi connectivity index (χ2n) is 10.1. The summed E-state index contributed by atoms with van der Waals surface area (Å²) in [7, 11) is 0. The lowest BCUT2D eigenvalue weighted by Crippen LogP contribution is -2.35. The van der Waals surface area contributed by atoms with E-state index in [9.17, 15) is 13.6 Å². The van der Waals surface area contributed by atoms with Crippen molar-refractivity contribution in [3.63, 3.8) is 0 Å². The number of rotatable bonds is 9. The molecule has 1 aliphatic carbocycles. The number of thiazole rings is 1. The van der Waals surface area contributed by atoms with E-state index in [1.165, 1.54) is 19.3 Å². The van der Waals surface area contributed by atoms with E-state index in [1.807, 2.05) is 13.1 Å². The molecule has 0 bridgehead atoms. The molecule has 0 amide bonds. The summed E-state index contributed by atoms with van der Waals surface area (Å²) in [5.74, 6) is -1.23. The van der Waals surface area contributed by atoms with E-state index in [-0.39, 0.29) is 11.5 Å². The minimum absolute atomic E-state index is 0.0571. The van der Waals surface area contributed by atoms with Gasteiger partial charge in [0.15, 0.2) is 0 Å². The Hall–Kier alpha value is -1.67. The molecule has 2 aliphatic rings. The van der Waals surface area contributed by atoms with Crippen LogP contribution in [0.3, 0.4) is 0 Å². The van der Waals surface area contributed by atoms with Crippen LogP contribution in [0.25, 0.3) is 0 Å². The number of carbonyl (C=O) groups excluding carboxylic acids is 1. The number of alkyl halides is 2. The largest absolute Gasteiger partial charge is 0.364 e. The van der Waals surface area contributed by atoms with Gasteiger partial charge < -0.3 is 9.42 Å². The van der Waals surface area contributed by atoms with Crippen LogP contribution in [-0.2, 0) is 17.1 Å². The minimum Gasteiger partial charge on any atom is -0.364 e. The van der Waals surface area contributed by atoms with Crippen molar-refractivity contribution >= 4 is 17.1 Å². The summed E-state index contributed by atoms with van der Waals surface area (Å²) >= 11 is 1.62. The van der Waals surface area contributed by atoms with Gasteiger partial charge in [-0.2, -0.15) is 0 Å². The monoisotopic (exact) mass is 479 g/mol. The van der Waals surface area contributed by atoms with Gasteiger partial charge in [-0.3, -0.25) is 4.79 Å². The van der Waals surface area contributed by atoms with Crippen LogP contribution in [0.4, 0.5) is 8.78 Å². The van der Waals surface area contributed by atoms with Gasteiger partial charge in [0.25, 0.3) is 5.92 Å². The van der Waals surface area contributed by atoms with Crippen LogP contribution >= 0.6 is 11.3 Å². The molecule has 1 aliphatic heterocycles. The van der Waals surface area contributed by atoms with Gasteiger partial charge in [-0.25, -0.2) is 13.8 Å². The second-order valence-corrected chi connectivity index (χ2v) is 11.4. The first-order valence-electron chi connectivity index (χ1n) is 12.3. The summed E-state index contributed by atoms with van der Waals surface area (Å²) < 4.78 is 32.4. The van der Waals surface area contributed by atoms with Crippen LogP contribution in [-0.4, -0.2) is 40.5 Å². The first kappa shape index (κ1) is 24.5. The lowest BCUT2D eigenvalue weighted by molar-refractivity contribution is -0.119. The molecule has 5 nitrogen and oxygen atoms in total. The van der Waals surface area contributed by atoms with Crippen molar-refractivity contribution in [3.05, 3.63) is 33.6 Å². The molecule has 1 saturated carbocycles. The fourth-order valence-corrected chi connectivity index (χ4v) is 6.29. The number of aryl methyl sites for hydroxylation is 1. The Morgan fingerprint density at radius 2 is 1.88 bits per heavy atom. The van der Waals surface area contributed by atoms with Crippen molar-refractivity contribution in [2.75, 3.05) is 19.6 Å². The summed E-state index contributed by atoms with van der Waals surface area (Å²) in [6.07, 6.45) is 11.8. The molecule has 2 aromatic heterocycles. The molecule has 0 N–H and O–H groups in total. The molecule has 182 valence electrons. The number of hydrogen-bond acceptors (Lipinski definition) is 6. The van der Waals surface area contributed by atoms with Crippen LogP contribution in [0, 0.1) is 18.8 Å². The molecule has 3 heterocycles. The van der Waals surface area contributed by atoms with E-state index in [0.717, 1.165) is 74.3 Å². The fraction of sp³-hybridized carbons (Fsp3) is 0.720. The second kappa shape index (κ2) is 10.7. The third-order valence-corrected chi connectivity index (χ3v) is 8.33. The van der Waals surface area contributed by atoms with E-state index in [1.54, 1.807) is 11.3 Å². The van der Waals surface area contributed by atoms with Gasteiger partial charge in [0.2, 0.25) is 0 Å². The highest BCUT2D eigenvalue weighted by Crippen LogP contribution is 2.37. The van der Waals surface area contributed by atoms with Gasteiger partial charge in [-0.1, -0.05) is 18.0 Å². The van der Waals surface area contributed by atoms with Crippen LogP contribution in [0.2, 0.25) is 0 Å². The SMILES string of the molecule is Cc1ncc(CC(=O)CC2CCC(CCN3CCC(c4nocc4C(C)(F)F)CC3)CC2)s1. The zero-order valence-corrected chi connectivity index (χ0v) is 20.5. The summed E-state index contributed by atoms with van der Waals surface area (Å²) in [6, 6.07) is 0. The Kier molecular flexibility index (Phi) is 7.95. The van der Waals surface area contributed by atoms with Crippen LogP contribution in [0.15, 0.2) is 17.0 Å². The summed E-state index contributed by atoms with van der Waals surface area (Å²) in [6.45, 7) is 5.80. The predicted molar refractivity (Wildman–Crippen MR) is 125 cm³/mol. The number of likely N-dealkylation sites (tertiary alicyclic amines) is 1. The molecule has 2 aromatic rings. The van der Waals surface area contributed by atoms with Crippen LogP contribution in [0.5, 0.6) is 0 Å². The molecule has 0 radical (unpaired) electrons. The maximum Gasteiger partial charge on any atom is 0.275 e. The molecular weight excluding hydrogens is 444 g/mol. The predicted octanol–water partition coefficient (Wildman–Crippen LogP) is 6.13. The fourth-order valence-electron chi connectivity index (χ4n) is 5.46. The molecule has 1 saturated heterocycles. The van der Waals surface area contributed by atoms with E-state index in [4.69, 9.17) is 4.52 Å². The Morgan fingerprint density at radius 1 is 1.18 bits per heavy atom. The maximum atomic E-state index is 13.8. The zero-order chi connectivity index (χ0) is 23.4. The normalized spacial score (nSPS) is 23.2. The number of Topliss-reactive ketones (excluding diaryl/α,β-unsaturated/α-hetero) is 1. The van der Waals surface area contributed by atoms with Crippen molar-refractivity contribution in [2.45, 2.75) is 83.5 Å². The lowest BCUT2D eigenvalue weighted by Gasteiger charge is -2.34. The molecular formula is C25H35F2N3O2S. The Balaban J connectivity index is 1.13. The molecule has 4 rings (SSSR count). The summed E-state index contributed by atoms with van der Waals surface area (Å²) in [4.78, 5) is 20.2. The van der Waals surface area contributed by atoms with Gasteiger partial charge in [0.1, 0.15) is 12.0 Å². The third-order valence-electron chi connectivity index (χ3n) is 7.42. The molecule has 2 fully saturated rings. The minimum atomic E-state index is -2.91. The molecule has 8 heteroatoms. The summed E-state index contributed by atoms with van der Waals surface area (Å²) in [5, 5.41) is 4.92. The topological polar surface area (TPSA) is 59.2 Å². The molecule has 33 heavy (non-hydrogen) atoms. The summed E-state index contributed by atoms with van der Waals surface area (Å²) in [5.41, 5.74) is 0.388. The number of aromatic nitrogens is 2. The first-order valence-corrected chi connectivity index (χ1v) is 13.1. The number of hydrogen-bond donors (Lipinski definition) is 0. The van der Waals surface area contributed by atoms with Crippen molar-refractivity contribution in [2.24, 2.45) is 11.8 Å². The lowest BCUT2D eigenvalue weighted by atomic mass is 9.78. The Morgan fingerprint density at radius 3 is 2.52 bits per heavy atom. The van der Waals surface area contributed by atoms with Gasteiger partial charge in [0.05, 0.1) is 16.3 Å². The quantitative estimate of drug-likeness (QED) is 0.433. The van der Waals surface area contributed by atoms with Crippen molar-refractivity contribution in [1.29, 1.82) is 0 Å². The van der Waals surface area contributed by atoms with Crippen LogP contribution in [0.1, 0.15) is 85.4 Å². The smallest absolute Gasteiger partial charge is 0.275 e. The average Bonchev–Trinajstić information content (AvgIpc) is 3.43. The van der Waals surface area contributed by atoms with Gasteiger partial charge >= 0.3 is 0 Å². The standard InChI is InChI=1S/C25H35F2N3O2S/c1-17-28-15-22(33-17)14-21(31)13-19-5-3-18(4-6-19)7-10-30-11-8-20(9-12-30)24-23(16-32-29-24)25(2,26)27/h15-16,18-20H,3-14H2,1-2H3. The number of nitrogens with zero attached hydrogens (tertiary/aromatic N) is 3. The maximum absolute atomic E-state index is 13.8. The Labute approximate surface area is 198 Å². The highest BCUT2D eigenvalue weighted by Gasteiger charge is 2.35. The zero-order valence-electron chi connectivity index (χ0n) is 19.7. The molecule has 0 aromatic carbocycles. The van der Waals surface area contributed by atoms with Crippen molar-refractivity contribution in [1.82, 2.24) is 15.0 Å². The average molecular weight is 480 g/mol. The van der Waals surface area contributed by atoms with E-state index >= 15 is 0 Å². The number of carbonyl (C=O) groups is 1. The van der Waals surface area contributed by atoms with Crippen molar-refractivity contribution < 1.29 is 18.1 Å². The number of ketones is 1. The highest BCUT2D eigenvalue weighted by atomic mass is 32.1.